The molecule has 0 bridgehead atoms. The van der Waals surface area contributed by atoms with Crippen molar-refractivity contribution in [2.45, 2.75) is 39.7 Å². The summed E-state index contributed by atoms with van der Waals surface area (Å²) >= 11 is 0. The predicted molar refractivity (Wildman–Crippen MR) is 106 cm³/mol. The van der Waals surface area contributed by atoms with E-state index in [0.717, 1.165) is 69.3 Å². The van der Waals surface area contributed by atoms with E-state index in [1.165, 1.54) is 0 Å². The molecular formula is C20H30N6O. The van der Waals surface area contributed by atoms with Crippen LogP contribution in [0.5, 0.6) is 0 Å². The molecule has 4 heterocycles. The van der Waals surface area contributed by atoms with Crippen molar-refractivity contribution in [1.29, 1.82) is 0 Å². The zero-order valence-electron chi connectivity index (χ0n) is 16.6. The van der Waals surface area contributed by atoms with Gasteiger partial charge in [0.1, 0.15) is 5.82 Å². The Hall–Kier alpha value is -2.15. The molecule has 0 unspecified atom stereocenters. The molecule has 0 N–H and O–H groups in total. The Morgan fingerprint density at radius 3 is 2.44 bits per heavy atom. The van der Waals surface area contributed by atoms with E-state index in [9.17, 15) is 4.79 Å². The molecule has 146 valence electrons. The van der Waals surface area contributed by atoms with E-state index in [1.807, 2.05) is 19.2 Å². The summed E-state index contributed by atoms with van der Waals surface area (Å²) in [6.07, 6.45) is 3.81. The minimum Gasteiger partial charge on any atom is -0.353 e. The van der Waals surface area contributed by atoms with Crippen LogP contribution in [0.3, 0.4) is 0 Å². The minimum atomic E-state index is 0.146. The van der Waals surface area contributed by atoms with E-state index in [-0.39, 0.29) is 5.92 Å². The summed E-state index contributed by atoms with van der Waals surface area (Å²) in [5.74, 6) is 2.32. The lowest BCUT2D eigenvalue weighted by Gasteiger charge is -2.40. The molecule has 0 spiro atoms. The highest BCUT2D eigenvalue weighted by molar-refractivity contribution is 5.79. The zero-order valence-corrected chi connectivity index (χ0v) is 16.6. The van der Waals surface area contributed by atoms with Gasteiger partial charge in [-0.25, -0.2) is 0 Å². The molecular weight excluding hydrogens is 340 g/mol. The Labute approximate surface area is 160 Å². The second-order valence-electron chi connectivity index (χ2n) is 8.05. The fourth-order valence-corrected chi connectivity index (χ4v) is 4.34. The number of aromatic nitrogens is 3. The Bertz CT molecular complexity index is 800. The Kier molecular flexibility index (Phi) is 5.04. The minimum absolute atomic E-state index is 0.146. The van der Waals surface area contributed by atoms with Gasteiger partial charge >= 0.3 is 0 Å². The van der Waals surface area contributed by atoms with Crippen molar-refractivity contribution < 1.29 is 4.79 Å². The van der Waals surface area contributed by atoms with Crippen LogP contribution < -0.4 is 4.90 Å². The number of anilines is 1. The molecule has 0 radical (unpaired) electrons. The number of rotatable bonds is 3. The number of hydrogen-bond acceptors (Lipinski definition) is 5. The number of carbonyl (C=O) groups excluding carboxylic acids is 1. The molecule has 1 amide bonds. The summed E-state index contributed by atoms with van der Waals surface area (Å²) in [6.45, 7) is 11.9. The van der Waals surface area contributed by atoms with Crippen LogP contribution in [0.15, 0.2) is 18.3 Å². The second kappa shape index (κ2) is 7.46. The smallest absolute Gasteiger partial charge is 0.225 e. The largest absolute Gasteiger partial charge is 0.353 e. The van der Waals surface area contributed by atoms with Crippen LogP contribution in [0.1, 0.15) is 32.5 Å². The van der Waals surface area contributed by atoms with Crippen LogP contribution in [-0.2, 0) is 4.79 Å². The summed E-state index contributed by atoms with van der Waals surface area (Å²) in [4.78, 5) is 19.8. The third-order valence-corrected chi connectivity index (χ3v) is 6.12. The summed E-state index contributed by atoms with van der Waals surface area (Å²) in [5.41, 5.74) is 1.09. The SMILES string of the molecule is Cc1nnc(N2CCC(C(=O)N3CCN(C(C)C)CC3)CC2)c2cccn12. The first-order valence-corrected chi connectivity index (χ1v) is 10.1. The van der Waals surface area contributed by atoms with Gasteiger partial charge in [-0.15, -0.1) is 10.2 Å². The lowest BCUT2D eigenvalue weighted by Crippen LogP contribution is -2.53. The van der Waals surface area contributed by atoms with Crippen LogP contribution in [0.25, 0.3) is 5.52 Å². The highest BCUT2D eigenvalue weighted by Crippen LogP contribution is 2.27. The highest BCUT2D eigenvalue weighted by Gasteiger charge is 2.31. The van der Waals surface area contributed by atoms with Crippen molar-refractivity contribution in [3.63, 3.8) is 0 Å². The number of amides is 1. The number of fused-ring (bicyclic) bond motifs is 1. The van der Waals surface area contributed by atoms with Crippen LogP contribution in [0.4, 0.5) is 5.82 Å². The number of aryl methyl sites for hydroxylation is 1. The Morgan fingerprint density at radius 2 is 1.78 bits per heavy atom. The number of piperidine rings is 1. The summed E-state index contributed by atoms with van der Waals surface area (Å²) < 4.78 is 2.08. The van der Waals surface area contributed by atoms with E-state index >= 15 is 0 Å². The normalized spacial score (nSPS) is 20.0. The third kappa shape index (κ3) is 3.52. The van der Waals surface area contributed by atoms with Gasteiger partial charge in [0.05, 0.1) is 5.52 Å². The summed E-state index contributed by atoms with van der Waals surface area (Å²) in [5, 5.41) is 8.74. The topological polar surface area (TPSA) is 57.0 Å². The van der Waals surface area contributed by atoms with E-state index in [4.69, 9.17) is 0 Å². The van der Waals surface area contributed by atoms with Gasteiger partial charge in [0, 0.05) is 57.4 Å². The van der Waals surface area contributed by atoms with Gasteiger partial charge in [-0.2, -0.15) is 0 Å². The number of piperazine rings is 1. The molecule has 2 aromatic heterocycles. The van der Waals surface area contributed by atoms with Gasteiger partial charge in [-0.3, -0.25) is 9.69 Å². The molecule has 2 aliphatic rings. The van der Waals surface area contributed by atoms with Gasteiger partial charge in [0.15, 0.2) is 5.82 Å². The lowest BCUT2D eigenvalue weighted by atomic mass is 9.95. The van der Waals surface area contributed by atoms with Crippen LogP contribution in [0.2, 0.25) is 0 Å². The van der Waals surface area contributed by atoms with E-state index in [1.54, 1.807) is 0 Å². The first-order valence-electron chi connectivity index (χ1n) is 10.1. The van der Waals surface area contributed by atoms with E-state index in [0.29, 0.717) is 11.9 Å². The number of hydrogen-bond donors (Lipinski definition) is 0. The third-order valence-electron chi connectivity index (χ3n) is 6.12. The van der Waals surface area contributed by atoms with Gasteiger partial charge in [-0.05, 0) is 45.7 Å². The van der Waals surface area contributed by atoms with Crippen molar-refractivity contribution in [1.82, 2.24) is 24.4 Å². The fourth-order valence-electron chi connectivity index (χ4n) is 4.34. The average molecular weight is 371 g/mol. The van der Waals surface area contributed by atoms with E-state index < -0.39 is 0 Å². The van der Waals surface area contributed by atoms with Crippen LogP contribution >= 0.6 is 0 Å². The standard InChI is InChI=1S/C20H30N6O/c1-15(2)23-11-13-25(14-12-23)20(27)17-6-9-24(10-7-17)19-18-5-4-8-26(18)16(3)21-22-19/h4-5,8,15,17H,6-7,9-14H2,1-3H3. The number of nitrogens with zero attached hydrogens (tertiary/aromatic N) is 6. The predicted octanol–water partition coefficient (Wildman–Crippen LogP) is 1.81. The second-order valence-corrected chi connectivity index (χ2v) is 8.05. The molecule has 0 atom stereocenters. The summed E-state index contributed by atoms with van der Waals surface area (Å²) in [7, 11) is 0. The van der Waals surface area contributed by atoms with Crippen molar-refractivity contribution in [2.24, 2.45) is 5.92 Å². The fraction of sp³-hybridized carbons (Fsp3) is 0.650. The number of carbonyl (C=O) groups is 1. The maximum atomic E-state index is 12.9. The van der Waals surface area contributed by atoms with E-state index in [2.05, 4.69) is 49.2 Å². The van der Waals surface area contributed by atoms with Crippen LogP contribution in [0, 0.1) is 12.8 Å². The summed E-state index contributed by atoms with van der Waals surface area (Å²) in [6, 6.07) is 4.68. The van der Waals surface area contributed by atoms with Gasteiger partial charge in [0.25, 0.3) is 0 Å². The van der Waals surface area contributed by atoms with Gasteiger partial charge in [-0.1, -0.05) is 0 Å². The highest BCUT2D eigenvalue weighted by atomic mass is 16.2. The zero-order chi connectivity index (χ0) is 19.0. The molecule has 0 aliphatic carbocycles. The Morgan fingerprint density at radius 1 is 1.07 bits per heavy atom. The monoisotopic (exact) mass is 370 g/mol. The average Bonchev–Trinajstić information content (AvgIpc) is 3.19. The quantitative estimate of drug-likeness (QED) is 0.825. The molecule has 27 heavy (non-hydrogen) atoms. The molecule has 7 heteroatoms. The maximum absolute atomic E-state index is 12.9. The molecule has 4 rings (SSSR count). The van der Waals surface area contributed by atoms with Crippen molar-refractivity contribution in [3.05, 3.63) is 24.2 Å². The maximum Gasteiger partial charge on any atom is 0.225 e. The van der Waals surface area contributed by atoms with Crippen molar-refractivity contribution in [3.8, 4) is 0 Å². The molecule has 7 nitrogen and oxygen atoms in total. The van der Waals surface area contributed by atoms with Gasteiger partial charge < -0.3 is 14.2 Å². The first-order chi connectivity index (χ1) is 13.0. The molecule has 2 fully saturated rings. The molecule has 2 aliphatic heterocycles. The molecule has 0 saturated carbocycles. The van der Waals surface area contributed by atoms with Crippen molar-refractivity contribution >= 4 is 17.2 Å². The van der Waals surface area contributed by atoms with Crippen molar-refractivity contribution in [2.75, 3.05) is 44.2 Å². The first kappa shape index (κ1) is 18.2. The molecule has 2 aromatic rings. The Balaban J connectivity index is 1.37. The molecule has 0 aromatic carbocycles. The van der Waals surface area contributed by atoms with Crippen LogP contribution in [-0.4, -0.2) is 75.6 Å². The van der Waals surface area contributed by atoms with Gasteiger partial charge in [0.2, 0.25) is 5.91 Å². The molecule has 2 saturated heterocycles. The lowest BCUT2D eigenvalue weighted by molar-refractivity contribution is -0.138.